The number of amides is 2. The fraction of sp³-hybridized carbons (Fsp3) is 0.550. The lowest BCUT2D eigenvalue weighted by atomic mass is 9.87. The Hall–Kier alpha value is -2.57. The van der Waals surface area contributed by atoms with Crippen molar-refractivity contribution in [3.63, 3.8) is 0 Å². The van der Waals surface area contributed by atoms with E-state index in [1.165, 1.54) is 24.6 Å². The fourth-order valence-corrected chi connectivity index (χ4v) is 3.22. The third-order valence-electron chi connectivity index (χ3n) is 4.51. The average Bonchev–Trinajstić information content (AvgIpc) is 2.62. The summed E-state index contributed by atoms with van der Waals surface area (Å²) in [5.41, 5.74) is 0.317. The molecule has 7 nitrogen and oxygen atoms in total. The minimum Gasteiger partial charge on any atom is -0.489 e. The lowest BCUT2D eigenvalue weighted by molar-refractivity contribution is -0.125. The second-order valence-corrected chi connectivity index (χ2v) is 7.22. The Bertz CT molecular complexity index is 681. The smallest absolute Gasteiger partial charge is 0.335 e. The van der Waals surface area contributed by atoms with Gasteiger partial charge in [-0.15, -0.1) is 0 Å². The summed E-state index contributed by atoms with van der Waals surface area (Å²) in [4.78, 5) is 35.4. The minimum atomic E-state index is -1.10. The van der Waals surface area contributed by atoms with Gasteiger partial charge < -0.3 is 20.5 Å². The van der Waals surface area contributed by atoms with Crippen molar-refractivity contribution in [2.24, 2.45) is 5.92 Å². The first kappa shape index (κ1) is 20.7. The second kappa shape index (κ2) is 9.94. The van der Waals surface area contributed by atoms with Crippen LogP contribution >= 0.6 is 0 Å². The van der Waals surface area contributed by atoms with Gasteiger partial charge in [-0.25, -0.2) is 4.79 Å². The highest BCUT2D eigenvalue weighted by Crippen LogP contribution is 2.27. The van der Waals surface area contributed by atoms with Crippen molar-refractivity contribution in [2.45, 2.75) is 58.5 Å². The highest BCUT2D eigenvalue weighted by atomic mass is 16.5. The molecule has 0 unspecified atom stereocenters. The van der Waals surface area contributed by atoms with E-state index in [4.69, 9.17) is 9.84 Å². The van der Waals surface area contributed by atoms with Gasteiger partial charge in [-0.3, -0.25) is 9.59 Å². The standard InChI is InChI=1S/C20H28N2O5/c1-13(2)27-17-9-8-15(20(25)26)11-16(17)22-19(24)12-21-18(23)10-14-6-4-3-5-7-14/h8-9,11,13-14H,3-7,10,12H2,1-2H3,(H,21,23)(H,22,24)(H,25,26). The van der Waals surface area contributed by atoms with Gasteiger partial charge in [0.2, 0.25) is 11.8 Å². The van der Waals surface area contributed by atoms with Crippen LogP contribution in [-0.2, 0) is 9.59 Å². The number of benzene rings is 1. The van der Waals surface area contributed by atoms with Crippen molar-refractivity contribution in [3.05, 3.63) is 23.8 Å². The Balaban J connectivity index is 1.92. The van der Waals surface area contributed by atoms with Gasteiger partial charge in [0.05, 0.1) is 23.9 Å². The fourth-order valence-electron chi connectivity index (χ4n) is 3.22. The maximum absolute atomic E-state index is 12.2. The Morgan fingerprint density at radius 2 is 1.85 bits per heavy atom. The third-order valence-corrected chi connectivity index (χ3v) is 4.51. The minimum absolute atomic E-state index is 0.0442. The zero-order chi connectivity index (χ0) is 19.8. The summed E-state index contributed by atoms with van der Waals surface area (Å²) in [5, 5.41) is 14.4. The number of anilines is 1. The number of rotatable bonds is 8. The molecule has 0 spiro atoms. The number of hydrogen-bond donors (Lipinski definition) is 3. The van der Waals surface area contributed by atoms with Crippen molar-refractivity contribution >= 4 is 23.5 Å². The molecule has 148 valence electrons. The topological polar surface area (TPSA) is 105 Å². The molecule has 0 saturated heterocycles. The van der Waals surface area contributed by atoms with Crippen LogP contribution < -0.4 is 15.4 Å². The van der Waals surface area contributed by atoms with E-state index in [9.17, 15) is 14.4 Å². The van der Waals surface area contributed by atoms with E-state index >= 15 is 0 Å². The summed E-state index contributed by atoms with van der Waals surface area (Å²) in [6.07, 6.45) is 6.01. The number of carboxylic acid groups (broad SMARTS) is 1. The highest BCUT2D eigenvalue weighted by Gasteiger charge is 2.18. The number of carbonyl (C=O) groups is 3. The van der Waals surface area contributed by atoms with Crippen molar-refractivity contribution in [1.82, 2.24) is 5.32 Å². The van der Waals surface area contributed by atoms with Gasteiger partial charge in [0.25, 0.3) is 0 Å². The molecule has 1 aromatic rings. The molecule has 0 heterocycles. The zero-order valence-corrected chi connectivity index (χ0v) is 15.9. The quantitative estimate of drug-likeness (QED) is 0.646. The first-order valence-electron chi connectivity index (χ1n) is 9.45. The molecular formula is C20H28N2O5. The number of nitrogens with one attached hydrogen (secondary N) is 2. The maximum atomic E-state index is 12.2. The van der Waals surface area contributed by atoms with Crippen LogP contribution in [0.4, 0.5) is 5.69 Å². The van der Waals surface area contributed by atoms with Crippen molar-refractivity contribution in [1.29, 1.82) is 0 Å². The zero-order valence-electron chi connectivity index (χ0n) is 15.9. The van der Waals surface area contributed by atoms with Crippen LogP contribution in [0.15, 0.2) is 18.2 Å². The van der Waals surface area contributed by atoms with E-state index in [0.29, 0.717) is 18.1 Å². The highest BCUT2D eigenvalue weighted by molar-refractivity contribution is 5.97. The van der Waals surface area contributed by atoms with E-state index < -0.39 is 11.9 Å². The first-order valence-corrected chi connectivity index (χ1v) is 9.45. The monoisotopic (exact) mass is 376 g/mol. The van der Waals surface area contributed by atoms with Gasteiger partial charge in [0.1, 0.15) is 5.75 Å². The van der Waals surface area contributed by atoms with Crippen LogP contribution in [0.5, 0.6) is 5.75 Å². The number of hydrogen-bond acceptors (Lipinski definition) is 4. The molecule has 1 aromatic carbocycles. The SMILES string of the molecule is CC(C)Oc1ccc(C(=O)O)cc1NC(=O)CNC(=O)CC1CCCCC1. The first-order chi connectivity index (χ1) is 12.8. The molecule has 0 radical (unpaired) electrons. The molecule has 1 aliphatic rings. The molecule has 2 rings (SSSR count). The number of ether oxygens (including phenoxy) is 1. The van der Waals surface area contributed by atoms with Gasteiger partial charge in [-0.05, 0) is 50.8 Å². The third kappa shape index (κ3) is 6.92. The van der Waals surface area contributed by atoms with Crippen LogP contribution in [0.25, 0.3) is 0 Å². The predicted molar refractivity (Wildman–Crippen MR) is 102 cm³/mol. The molecule has 7 heteroatoms. The molecule has 1 aliphatic carbocycles. The van der Waals surface area contributed by atoms with Gasteiger partial charge in [-0.2, -0.15) is 0 Å². The van der Waals surface area contributed by atoms with E-state index in [0.717, 1.165) is 25.7 Å². The van der Waals surface area contributed by atoms with Crippen molar-refractivity contribution < 1.29 is 24.2 Å². The molecule has 27 heavy (non-hydrogen) atoms. The van der Waals surface area contributed by atoms with Gasteiger partial charge in [0, 0.05) is 6.42 Å². The van der Waals surface area contributed by atoms with Crippen LogP contribution in [0.2, 0.25) is 0 Å². The summed E-state index contributed by atoms with van der Waals surface area (Å²) < 4.78 is 5.61. The summed E-state index contributed by atoms with van der Waals surface area (Å²) in [6.45, 7) is 3.51. The summed E-state index contributed by atoms with van der Waals surface area (Å²) in [6, 6.07) is 4.28. The van der Waals surface area contributed by atoms with Crippen LogP contribution in [-0.4, -0.2) is 35.5 Å². The summed E-state index contributed by atoms with van der Waals surface area (Å²) in [7, 11) is 0. The normalized spacial score (nSPS) is 14.6. The summed E-state index contributed by atoms with van der Waals surface area (Å²) >= 11 is 0. The Labute approximate surface area is 159 Å². The molecule has 0 aromatic heterocycles. The summed E-state index contributed by atoms with van der Waals surface area (Å²) in [5.74, 6) is -0.863. The molecular weight excluding hydrogens is 348 g/mol. The van der Waals surface area contributed by atoms with Crippen molar-refractivity contribution in [2.75, 3.05) is 11.9 Å². The van der Waals surface area contributed by atoms with Gasteiger partial charge in [-0.1, -0.05) is 19.3 Å². The molecule has 1 saturated carbocycles. The molecule has 0 bridgehead atoms. The van der Waals surface area contributed by atoms with Crippen molar-refractivity contribution in [3.8, 4) is 5.75 Å². The largest absolute Gasteiger partial charge is 0.489 e. The van der Waals surface area contributed by atoms with E-state index in [2.05, 4.69) is 10.6 Å². The predicted octanol–water partition coefficient (Wildman–Crippen LogP) is 3.20. The van der Waals surface area contributed by atoms with E-state index in [-0.39, 0.29) is 29.8 Å². The molecule has 1 fully saturated rings. The molecule has 3 N–H and O–H groups in total. The molecule has 0 aliphatic heterocycles. The number of carboxylic acids is 1. The van der Waals surface area contributed by atoms with Crippen LogP contribution in [0.1, 0.15) is 62.7 Å². The van der Waals surface area contributed by atoms with Crippen LogP contribution in [0, 0.1) is 5.92 Å². The van der Waals surface area contributed by atoms with E-state index in [1.54, 1.807) is 0 Å². The number of aromatic carboxylic acids is 1. The van der Waals surface area contributed by atoms with E-state index in [1.807, 2.05) is 13.8 Å². The molecule has 0 atom stereocenters. The average molecular weight is 376 g/mol. The number of carbonyl (C=O) groups excluding carboxylic acids is 2. The maximum Gasteiger partial charge on any atom is 0.335 e. The Kier molecular flexibility index (Phi) is 7.64. The lowest BCUT2D eigenvalue weighted by Crippen LogP contribution is -2.34. The van der Waals surface area contributed by atoms with Gasteiger partial charge >= 0.3 is 5.97 Å². The van der Waals surface area contributed by atoms with Gasteiger partial charge in [0.15, 0.2) is 0 Å². The Morgan fingerprint density at radius 1 is 1.15 bits per heavy atom. The van der Waals surface area contributed by atoms with Crippen LogP contribution in [0.3, 0.4) is 0 Å². The second-order valence-electron chi connectivity index (χ2n) is 7.22. The molecule has 2 amide bonds. The Morgan fingerprint density at radius 3 is 2.48 bits per heavy atom. The lowest BCUT2D eigenvalue weighted by Gasteiger charge is -2.20.